The third-order valence-corrected chi connectivity index (χ3v) is 3.49. The number of oxazole rings is 1. The highest BCUT2D eigenvalue weighted by Gasteiger charge is 2.13. The number of carbonyl (C=O) groups is 1. The van der Waals surface area contributed by atoms with E-state index < -0.39 is 5.97 Å². The van der Waals surface area contributed by atoms with E-state index in [2.05, 4.69) is 48.8 Å². The zero-order valence-electron chi connectivity index (χ0n) is 9.94. The van der Waals surface area contributed by atoms with E-state index in [-0.39, 0.29) is 11.7 Å². The molecule has 2 rings (SSSR count). The Hall–Kier alpha value is -1.09. The van der Waals surface area contributed by atoms with Crippen molar-refractivity contribution in [1.29, 1.82) is 0 Å². The number of aromatic nitrogens is 1. The lowest BCUT2D eigenvalue weighted by Crippen LogP contribution is -2.05. The van der Waals surface area contributed by atoms with Crippen molar-refractivity contribution in [2.45, 2.75) is 6.92 Å². The first kappa shape index (κ1) is 14.3. The van der Waals surface area contributed by atoms with Gasteiger partial charge in [-0.1, -0.05) is 0 Å². The van der Waals surface area contributed by atoms with E-state index in [4.69, 9.17) is 9.15 Å². The van der Waals surface area contributed by atoms with Gasteiger partial charge in [0.1, 0.15) is 6.26 Å². The van der Waals surface area contributed by atoms with Gasteiger partial charge in [0.25, 0.3) is 6.01 Å². The second-order valence-corrected chi connectivity index (χ2v) is 5.61. The molecule has 1 aromatic carbocycles. The molecule has 0 bridgehead atoms. The summed E-state index contributed by atoms with van der Waals surface area (Å²) in [5, 5.41) is 2.98. The maximum atomic E-state index is 11.4. The van der Waals surface area contributed by atoms with Crippen LogP contribution in [0.25, 0.3) is 0 Å². The fourth-order valence-electron chi connectivity index (χ4n) is 1.34. The zero-order chi connectivity index (χ0) is 13.8. The van der Waals surface area contributed by atoms with Crippen LogP contribution < -0.4 is 5.32 Å². The Morgan fingerprint density at radius 1 is 1.58 bits per heavy atom. The predicted octanol–water partition coefficient (Wildman–Crippen LogP) is 3.96. The monoisotopic (exact) mass is 436 g/mol. The average molecular weight is 437 g/mol. The largest absolute Gasteiger partial charge is 0.461 e. The van der Waals surface area contributed by atoms with Crippen LogP contribution in [0, 0.1) is 3.57 Å². The van der Waals surface area contributed by atoms with Gasteiger partial charge in [-0.3, -0.25) is 0 Å². The highest BCUT2D eigenvalue weighted by molar-refractivity contribution is 14.1. The van der Waals surface area contributed by atoms with Crippen molar-refractivity contribution in [1.82, 2.24) is 4.98 Å². The lowest BCUT2D eigenvalue weighted by molar-refractivity contribution is 0.0519. The molecule has 0 aliphatic heterocycles. The first-order valence-corrected chi connectivity index (χ1v) is 7.32. The van der Waals surface area contributed by atoms with Crippen molar-refractivity contribution in [3.05, 3.63) is 38.2 Å². The van der Waals surface area contributed by atoms with E-state index in [1.165, 1.54) is 6.26 Å². The summed E-state index contributed by atoms with van der Waals surface area (Å²) in [6, 6.07) is 6.03. The summed E-state index contributed by atoms with van der Waals surface area (Å²) >= 11 is 5.65. The number of ether oxygens (including phenoxy) is 1. The van der Waals surface area contributed by atoms with Crippen molar-refractivity contribution >= 4 is 56.2 Å². The molecule has 0 radical (unpaired) electrons. The van der Waals surface area contributed by atoms with Crippen LogP contribution in [0.5, 0.6) is 0 Å². The Kier molecular flexibility index (Phi) is 4.81. The van der Waals surface area contributed by atoms with E-state index in [0.717, 1.165) is 13.7 Å². The molecule has 2 aromatic rings. The second kappa shape index (κ2) is 6.38. The van der Waals surface area contributed by atoms with Gasteiger partial charge in [-0.25, -0.2) is 4.79 Å². The summed E-state index contributed by atoms with van der Waals surface area (Å²) in [4.78, 5) is 15.5. The van der Waals surface area contributed by atoms with Crippen molar-refractivity contribution < 1.29 is 13.9 Å². The van der Waals surface area contributed by atoms with Gasteiger partial charge in [-0.05, 0) is 63.6 Å². The van der Waals surface area contributed by atoms with Gasteiger partial charge in [-0.15, -0.1) is 0 Å². The fraction of sp³-hybridized carbons (Fsp3) is 0.167. The van der Waals surface area contributed by atoms with Crippen molar-refractivity contribution in [2.24, 2.45) is 0 Å². The fourth-order valence-corrected chi connectivity index (χ4v) is 2.73. The molecule has 0 aliphatic carbocycles. The number of nitrogens with zero attached hydrogens (tertiary/aromatic N) is 1. The van der Waals surface area contributed by atoms with E-state index >= 15 is 0 Å². The molecule has 7 heteroatoms. The van der Waals surface area contributed by atoms with Crippen LogP contribution in [0.2, 0.25) is 0 Å². The van der Waals surface area contributed by atoms with Gasteiger partial charge in [0.05, 0.1) is 12.3 Å². The van der Waals surface area contributed by atoms with E-state index in [1.807, 2.05) is 18.2 Å². The molecule has 1 aromatic heterocycles. The summed E-state index contributed by atoms with van der Waals surface area (Å²) in [6.07, 6.45) is 1.26. The van der Waals surface area contributed by atoms with Gasteiger partial charge in [-0.2, -0.15) is 4.98 Å². The van der Waals surface area contributed by atoms with E-state index in [9.17, 15) is 4.79 Å². The molecule has 0 saturated heterocycles. The predicted molar refractivity (Wildman–Crippen MR) is 82.6 cm³/mol. The minimum absolute atomic E-state index is 0.144. The van der Waals surface area contributed by atoms with E-state index in [1.54, 1.807) is 6.92 Å². The summed E-state index contributed by atoms with van der Waals surface area (Å²) in [5.41, 5.74) is 0.948. The summed E-state index contributed by atoms with van der Waals surface area (Å²) in [7, 11) is 0. The zero-order valence-corrected chi connectivity index (χ0v) is 13.7. The average Bonchev–Trinajstić information content (AvgIpc) is 2.82. The molecule has 0 spiro atoms. The second-order valence-electron chi connectivity index (χ2n) is 3.51. The molecular formula is C12H10BrIN2O3. The lowest BCUT2D eigenvalue weighted by Gasteiger charge is -2.04. The highest BCUT2D eigenvalue weighted by Crippen LogP contribution is 2.27. The molecule has 0 amide bonds. The molecular weight excluding hydrogens is 427 g/mol. The topological polar surface area (TPSA) is 64.4 Å². The quantitative estimate of drug-likeness (QED) is 0.580. The SMILES string of the molecule is CCOC(=O)c1coc(Nc2ccc(I)cc2Br)n1. The Morgan fingerprint density at radius 2 is 2.37 bits per heavy atom. The lowest BCUT2D eigenvalue weighted by atomic mass is 10.3. The molecule has 5 nitrogen and oxygen atoms in total. The molecule has 0 atom stereocenters. The first-order chi connectivity index (χ1) is 9.10. The number of rotatable bonds is 4. The third kappa shape index (κ3) is 3.69. The Bertz CT molecular complexity index is 600. The number of anilines is 2. The highest BCUT2D eigenvalue weighted by atomic mass is 127. The number of halogens is 2. The number of carbonyl (C=O) groups excluding carboxylic acids is 1. The van der Waals surface area contributed by atoms with Crippen LogP contribution in [0.1, 0.15) is 17.4 Å². The van der Waals surface area contributed by atoms with Crippen LogP contribution in [0.15, 0.2) is 33.4 Å². The minimum atomic E-state index is -0.499. The number of hydrogen-bond donors (Lipinski definition) is 1. The van der Waals surface area contributed by atoms with Crippen LogP contribution in [-0.4, -0.2) is 17.6 Å². The van der Waals surface area contributed by atoms with Gasteiger partial charge in [0.15, 0.2) is 5.69 Å². The van der Waals surface area contributed by atoms with E-state index in [0.29, 0.717) is 6.61 Å². The van der Waals surface area contributed by atoms with Gasteiger partial charge < -0.3 is 14.5 Å². The minimum Gasteiger partial charge on any atom is -0.461 e. The summed E-state index contributed by atoms with van der Waals surface area (Å²) in [6.45, 7) is 2.04. The van der Waals surface area contributed by atoms with Gasteiger partial charge in [0.2, 0.25) is 0 Å². The summed E-state index contributed by atoms with van der Waals surface area (Å²) in [5.74, 6) is -0.499. The molecule has 0 fully saturated rings. The number of hydrogen-bond acceptors (Lipinski definition) is 5. The van der Waals surface area contributed by atoms with Crippen LogP contribution in [0.3, 0.4) is 0 Å². The van der Waals surface area contributed by atoms with Crippen LogP contribution in [-0.2, 0) is 4.74 Å². The van der Waals surface area contributed by atoms with Crippen molar-refractivity contribution in [3.8, 4) is 0 Å². The maximum absolute atomic E-state index is 11.4. The molecule has 19 heavy (non-hydrogen) atoms. The van der Waals surface area contributed by atoms with Gasteiger partial charge >= 0.3 is 5.97 Å². The Balaban J connectivity index is 2.13. The van der Waals surface area contributed by atoms with Crippen molar-refractivity contribution in [2.75, 3.05) is 11.9 Å². The number of esters is 1. The first-order valence-electron chi connectivity index (χ1n) is 5.45. The van der Waals surface area contributed by atoms with Crippen molar-refractivity contribution in [3.63, 3.8) is 0 Å². The molecule has 0 aliphatic rings. The molecule has 1 N–H and O–H groups in total. The molecule has 1 heterocycles. The summed E-state index contributed by atoms with van der Waals surface area (Å²) < 4.78 is 12.0. The van der Waals surface area contributed by atoms with Crippen LogP contribution in [0.4, 0.5) is 11.7 Å². The number of nitrogens with one attached hydrogen (secondary N) is 1. The standard InChI is InChI=1S/C12H10BrIN2O3/c1-2-18-11(17)10-6-19-12(16-10)15-9-4-3-7(14)5-8(9)13/h3-6H,2H2,1H3,(H,15,16). The third-order valence-electron chi connectivity index (χ3n) is 2.16. The maximum Gasteiger partial charge on any atom is 0.360 e. The number of benzene rings is 1. The van der Waals surface area contributed by atoms with Gasteiger partial charge in [0, 0.05) is 8.04 Å². The Morgan fingerprint density at radius 3 is 3.05 bits per heavy atom. The molecule has 0 saturated carbocycles. The smallest absolute Gasteiger partial charge is 0.360 e. The molecule has 0 unspecified atom stereocenters. The Labute approximate surface area is 132 Å². The normalized spacial score (nSPS) is 10.3. The van der Waals surface area contributed by atoms with Crippen LogP contribution >= 0.6 is 38.5 Å². The molecule has 100 valence electrons.